The maximum atomic E-state index is 15.4. The first-order valence-corrected chi connectivity index (χ1v) is 13.7. The third kappa shape index (κ3) is 7.19. The highest BCUT2D eigenvalue weighted by molar-refractivity contribution is 6.10. The molecule has 0 radical (unpaired) electrons. The molecule has 4 rings (SSSR count). The molecule has 1 heterocycles. The van der Waals surface area contributed by atoms with Crippen LogP contribution >= 0.6 is 0 Å². The fourth-order valence-electron chi connectivity index (χ4n) is 4.61. The second-order valence-corrected chi connectivity index (χ2v) is 10.0. The summed E-state index contributed by atoms with van der Waals surface area (Å²) in [7, 11) is 3.69. The Bertz CT molecular complexity index is 1470. The molecule has 220 valence electrons. The summed E-state index contributed by atoms with van der Waals surface area (Å²) in [5.41, 5.74) is 1.06. The van der Waals surface area contributed by atoms with Crippen molar-refractivity contribution in [2.75, 3.05) is 50.6 Å². The molecule has 0 spiro atoms. The molecule has 3 aromatic carbocycles. The topological polar surface area (TPSA) is 91.0 Å². The van der Waals surface area contributed by atoms with Gasteiger partial charge in [0, 0.05) is 54.5 Å². The van der Waals surface area contributed by atoms with Crippen molar-refractivity contribution < 1.29 is 27.9 Å². The standard InChI is InChI=1S/C32H34F2N4O4/c1-4-42-28-12-8-6-10-25(28)30(40)36-23-15-13-22(14-16-23)31(41)38-19-17-32(33,34)26(24-9-5-7-11-27(24)38)21-29(39)35-18-20-37(2)3/h5-16,21H,4,17-20H2,1-3H3,(H,35,39)(H,36,40). The molecule has 0 saturated heterocycles. The molecule has 10 heteroatoms. The third-order valence-corrected chi connectivity index (χ3v) is 6.73. The quantitative estimate of drug-likeness (QED) is 0.347. The Morgan fingerprint density at radius 1 is 1.00 bits per heavy atom. The number of hydrogen-bond donors (Lipinski definition) is 2. The van der Waals surface area contributed by atoms with Gasteiger partial charge in [-0.2, -0.15) is 0 Å². The van der Waals surface area contributed by atoms with E-state index in [1.807, 2.05) is 25.9 Å². The number of carbonyl (C=O) groups excluding carboxylic acids is 3. The number of halogens is 2. The average Bonchev–Trinajstić information content (AvgIpc) is 3.07. The van der Waals surface area contributed by atoms with E-state index >= 15 is 8.78 Å². The molecule has 0 saturated carbocycles. The first-order chi connectivity index (χ1) is 20.1. The van der Waals surface area contributed by atoms with Crippen molar-refractivity contribution in [3.63, 3.8) is 0 Å². The molecular weight excluding hydrogens is 542 g/mol. The SMILES string of the molecule is CCOc1ccccc1C(=O)Nc1ccc(C(=O)N2CCC(F)(F)C(=CC(=O)NCCN(C)C)c3ccccc32)cc1. The minimum Gasteiger partial charge on any atom is -0.493 e. The number of nitrogens with zero attached hydrogens (tertiary/aromatic N) is 2. The van der Waals surface area contributed by atoms with Crippen LogP contribution in [-0.2, 0) is 4.79 Å². The number of hydrogen-bond acceptors (Lipinski definition) is 5. The monoisotopic (exact) mass is 576 g/mol. The van der Waals surface area contributed by atoms with Gasteiger partial charge in [-0.1, -0.05) is 30.3 Å². The molecule has 0 aliphatic carbocycles. The molecular formula is C32H34F2N4O4. The van der Waals surface area contributed by atoms with Crippen LogP contribution in [0.5, 0.6) is 5.75 Å². The predicted molar refractivity (Wildman–Crippen MR) is 159 cm³/mol. The predicted octanol–water partition coefficient (Wildman–Crippen LogP) is 5.08. The van der Waals surface area contributed by atoms with E-state index in [0.717, 1.165) is 6.08 Å². The number of rotatable bonds is 9. The van der Waals surface area contributed by atoms with E-state index in [9.17, 15) is 14.4 Å². The largest absolute Gasteiger partial charge is 0.493 e. The Balaban J connectivity index is 1.56. The molecule has 1 aliphatic heterocycles. The molecule has 0 fully saturated rings. The minimum atomic E-state index is -3.34. The zero-order valence-corrected chi connectivity index (χ0v) is 23.8. The average molecular weight is 577 g/mol. The van der Waals surface area contributed by atoms with Crippen molar-refractivity contribution in [2.45, 2.75) is 19.3 Å². The van der Waals surface area contributed by atoms with Gasteiger partial charge < -0.3 is 25.2 Å². The maximum absolute atomic E-state index is 15.4. The van der Waals surface area contributed by atoms with Crippen molar-refractivity contribution in [1.29, 1.82) is 0 Å². The van der Waals surface area contributed by atoms with Crippen LogP contribution < -0.4 is 20.3 Å². The summed E-state index contributed by atoms with van der Waals surface area (Å²) in [6.07, 6.45) is 0.279. The summed E-state index contributed by atoms with van der Waals surface area (Å²) in [5.74, 6) is -4.35. The van der Waals surface area contributed by atoms with Gasteiger partial charge in [-0.05, 0) is 63.5 Å². The normalized spacial score (nSPS) is 15.1. The van der Waals surface area contributed by atoms with Crippen LogP contribution in [0.1, 0.15) is 39.6 Å². The van der Waals surface area contributed by atoms with E-state index in [1.54, 1.807) is 54.6 Å². The van der Waals surface area contributed by atoms with Crippen LogP contribution in [0.25, 0.3) is 5.57 Å². The minimum absolute atomic E-state index is 0.118. The highest BCUT2D eigenvalue weighted by atomic mass is 19.3. The third-order valence-electron chi connectivity index (χ3n) is 6.73. The lowest BCUT2D eigenvalue weighted by Gasteiger charge is -2.23. The van der Waals surface area contributed by atoms with Crippen LogP contribution in [0.2, 0.25) is 0 Å². The van der Waals surface area contributed by atoms with Gasteiger partial charge in [-0.3, -0.25) is 14.4 Å². The van der Waals surface area contributed by atoms with Crippen LogP contribution in [-0.4, -0.2) is 68.9 Å². The van der Waals surface area contributed by atoms with Crippen LogP contribution in [0.15, 0.2) is 78.9 Å². The summed E-state index contributed by atoms with van der Waals surface area (Å²) in [6, 6.07) is 19.5. The lowest BCUT2D eigenvalue weighted by molar-refractivity contribution is -0.116. The number of alkyl halides is 2. The lowest BCUT2D eigenvalue weighted by Crippen LogP contribution is -2.33. The lowest BCUT2D eigenvalue weighted by atomic mass is 9.97. The van der Waals surface area contributed by atoms with Gasteiger partial charge in [0.25, 0.3) is 17.7 Å². The van der Waals surface area contributed by atoms with E-state index in [2.05, 4.69) is 10.6 Å². The van der Waals surface area contributed by atoms with Crippen LogP contribution in [0.3, 0.4) is 0 Å². The molecule has 1 aliphatic rings. The van der Waals surface area contributed by atoms with E-state index < -0.39 is 29.7 Å². The number of amides is 3. The Morgan fingerprint density at radius 2 is 1.69 bits per heavy atom. The van der Waals surface area contributed by atoms with Gasteiger partial charge >= 0.3 is 0 Å². The molecule has 0 aromatic heterocycles. The number of benzene rings is 3. The number of fused-ring (bicyclic) bond motifs is 1. The first-order valence-electron chi connectivity index (χ1n) is 13.7. The van der Waals surface area contributed by atoms with Crippen molar-refractivity contribution in [1.82, 2.24) is 10.2 Å². The van der Waals surface area contributed by atoms with Gasteiger partial charge in [0.1, 0.15) is 5.75 Å². The molecule has 8 nitrogen and oxygen atoms in total. The smallest absolute Gasteiger partial charge is 0.275 e. The highest BCUT2D eigenvalue weighted by Crippen LogP contribution is 2.43. The summed E-state index contributed by atoms with van der Waals surface area (Å²) in [4.78, 5) is 42.1. The van der Waals surface area contributed by atoms with E-state index in [0.29, 0.717) is 36.7 Å². The molecule has 42 heavy (non-hydrogen) atoms. The number of likely N-dealkylation sites (N-methyl/N-ethyl adjacent to an activating group) is 1. The summed E-state index contributed by atoms with van der Waals surface area (Å²) in [5, 5.41) is 5.43. The van der Waals surface area contributed by atoms with Gasteiger partial charge in [-0.25, -0.2) is 8.78 Å². The highest BCUT2D eigenvalue weighted by Gasteiger charge is 2.41. The molecule has 0 atom stereocenters. The van der Waals surface area contributed by atoms with E-state index in [-0.39, 0.29) is 29.3 Å². The fourth-order valence-corrected chi connectivity index (χ4v) is 4.61. The number of nitrogens with one attached hydrogen (secondary N) is 2. The Morgan fingerprint density at radius 3 is 2.40 bits per heavy atom. The Kier molecular flexibility index (Phi) is 9.69. The zero-order valence-electron chi connectivity index (χ0n) is 23.8. The summed E-state index contributed by atoms with van der Waals surface area (Å²) < 4.78 is 36.3. The summed E-state index contributed by atoms with van der Waals surface area (Å²) >= 11 is 0. The van der Waals surface area contributed by atoms with Crippen LogP contribution in [0.4, 0.5) is 20.2 Å². The maximum Gasteiger partial charge on any atom is 0.275 e. The number of allylic oxidation sites excluding steroid dienone is 1. The Labute approximate surface area is 244 Å². The van der Waals surface area contributed by atoms with Crippen LogP contribution in [0, 0.1) is 0 Å². The van der Waals surface area contributed by atoms with Gasteiger partial charge in [0.15, 0.2) is 0 Å². The van der Waals surface area contributed by atoms with Gasteiger partial charge in [0.05, 0.1) is 17.9 Å². The van der Waals surface area contributed by atoms with Crippen molar-refractivity contribution in [3.8, 4) is 5.75 Å². The van der Waals surface area contributed by atoms with Crippen molar-refractivity contribution in [2.24, 2.45) is 0 Å². The second kappa shape index (κ2) is 13.4. The number of para-hydroxylation sites is 2. The summed E-state index contributed by atoms with van der Waals surface area (Å²) in [6.45, 7) is 2.86. The van der Waals surface area contributed by atoms with E-state index in [1.165, 1.54) is 23.1 Å². The first kappa shape index (κ1) is 30.4. The van der Waals surface area contributed by atoms with Gasteiger partial charge in [0.2, 0.25) is 5.91 Å². The molecule has 3 amide bonds. The fraction of sp³-hybridized carbons (Fsp3) is 0.281. The molecule has 0 bridgehead atoms. The molecule has 2 N–H and O–H groups in total. The van der Waals surface area contributed by atoms with Crippen molar-refractivity contribution in [3.05, 3.63) is 95.6 Å². The second-order valence-electron chi connectivity index (χ2n) is 10.0. The molecule has 3 aromatic rings. The van der Waals surface area contributed by atoms with Crippen molar-refractivity contribution >= 4 is 34.7 Å². The van der Waals surface area contributed by atoms with Gasteiger partial charge in [-0.15, -0.1) is 0 Å². The number of ether oxygens (including phenoxy) is 1. The number of carbonyl (C=O) groups is 3. The molecule has 0 unspecified atom stereocenters. The Hall–Kier alpha value is -4.57. The zero-order chi connectivity index (χ0) is 30.3. The number of anilines is 2. The van der Waals surface area contributed by atoms with E-state index in [4.69, 9.17) is 4.74 Å².